The summed E-state index contributed by atoms with van der Waals surface area (Å²) in [5.74, 6) is 1.87. The zero-order chi connectivity index (χ0) is 23.9. The smallest absolute Gasteiger partial charge is 0.467 e. The molecular weight excluding hydrogens is 462 g/mol. The Morgan fingerprint density at radius 2 is 1.88 bits per heavy atom. The lowest BCUT2D eigenvalue weighted by molar-refractivity contribution is -0.0900. The predicted octanol–water partition coefficient (Wildman–Crippen LogP) is 2.84. The molecule has 0 bridgehead atoms. The first-order valence-corrected chi connectivity index (χ1v) is 11.6. The number of hydrogen-bond donors (Lipinski definition) is 0. The van der Waals surface area contributed by atoms with Gasteiger partial charge in [-0.2, -0.15) is 8.42 Å². The first-order valence-electron chi connectivity index (χ1n) is 10.6. The van der Waals surface area contributed by atoms with Crippen molar-refractivity contribution in [3.05, 3.63) is 54.4 Å². The van der Waals surface area contributed by atoms with Crippen molar-refractivity contribution in [1.82, 2.24) is 15.0 Å². The molecule has 11 nitrogen and oxygen atoms in total. The van der Waals surface area contributed by atoms with Crippen LogP contribution in [-0.4, -0.2) is 62.8 Å². The van der Waals surface area contributed by atoms with Crippen LogP contribution in [0.1, 0.15) is 12.0 Å². The molecule has 1 aliphatic heterocycles. The number of carbonyl (C=O) groups excluding carboxylic acids is 1. The van der Waals surface area contributed by atoms with E-state index >= 15 is 0 Å². The molecule has 0 saturated carbocycles. The minimum Gasteiger partial charge on any atom is -0.493 e. The molecule has 34 heavy (non-hydrogen) atoms. The van der Waals surface area contributed by atoms with E-state index in [-0.39, 0.29) is 0 Å². The number of carbonyl (C=O) groups is 1. The summed E-state index contributed by atoms with van der Waals surface area (Å²) < 4.78 is 35.5. The fourth-order valence-corrected chi connectivity index (χ4v) is 3.85. The topological polar surface area (TPSA) is 124 Å². The van der Waals surface area contributed by atoms with Gasteiger partial charge in [0.1, 0.15) is 18.8 Å². The van der Waals surface area contributed by atoms with Gasteiger partial charge >= 0.3 is 16.6 Å². The fourth-order valence-electron chi connectivity index (χ4n) is 3.69. The molecule has 0 spiro atoms. The van der Waals surface area contributed by atoms with E-state index in [1.807, 2.05) is 42.5 Å². The maximum absolute atomic E-state index is 11.5. The molecule has 0 unspecified atom stereocenters. The fraction of sp³-hybridized carbons (Fsp3) is 0.318. The molecule has 1 saturated heterocycles. The van der Waals surface area contributed by atoms with Gasteiger partial charge in [0, 0.05) is 31.1 Å². The highest BCUT2D eigenvalue weighted by atomic mass is 32.2. The van der Waals surface area contributed by atoms with Crippen molar-refractivity contribution in [1.29, 1.82) is 0 Å². The Morgan fingerprint density at radius 1 is 1.06 bits per heavy atom. The predicted molar refractivity (Wildman–Crippen MR) is 123 cm³/mol. The van der Waals surface area contributed by atoms with Crippen molar-refractivity contribution < 1.29 is 27.5 Å². The number of anilines is 1. The van der Waals surface area contributed by atoms with E-state index in [9.17, 15) is 13.2 Å². The average Bonchev–Trinajstić information content (AvgIpc) is 3.07. The molecular formula is C22H23N5O6S. The largest absolute Gasteiger partial charge is 0.493 e. The van der Waals surface area contributed by atoms with Crippen molar-refractivity contribution in [2.75, 3.05) is 38.2 Å². The van der Waals surface area contributed by atoms with Crippen LogP contribution in [0.2, 0.25) is 0 Å². The molecule has 2 aromatic carbocycles. The van der Waals surface area contributed by atoms with Crippen LogP contribution >= 0.6 is 0 Å². The highest BCUT2D eigenvalue weighted by molar-refractivity contribution is 7.62. The first kappa shape index (κ1) is 23.4. The van der Waals surface area contributed by atoms with E-state index in [2.05, 4.69) is 19.2 Å². The third kappa shape index (κ3) is 5.77. The molecule has 1 amide bonds. The van der Waals surface area contributed by atoms with Crippen molar-refractivity contribution in [2.45, 2.75) is 13.0 Å². The van der Waals surface area contributed by atoms with E-state index in [0.29, 0.717) is 56.2 Å². The Hall–Kier alpha value is -3.77. The van der Waals surface area contributed by atoms with E-state index < -0.39 is 16.6 Å². The third-order valence-electron chi connectivity index (χ3n) is 5.25. The third-order valence-corrected chi connectivity index (χ3v) is 5.55. The number of ether oxygens (including phenoxy) is 2. The summed E-state index contributed by atoms with van der Waals surface area (Å²) in [5.41, 5.74) is 1.75. The van der Waals surface area contributed by atoms with Gasteiger partial charge in [0.25, 0.3) is 0 Å². The second-order valence-electron chi connectivity index (χ2n) is 7.43. The Balaban J connectivity index is 1.53. The maximum Gasteiger partial charge on any atom is 0.467 e. The molecule has 2 heterocycles. The number of aromatic nitrogens is 2. The number of hydroxylamine groups is 2. The Kier molecular flexibility index (Phi) is 7.50. The summed E-state index contributed by atoms with van der Waals surface area (Å²) in [6, 6.07) is 13.5. The molecule has 4 rings (SSSR count). The molecule has 1 aromatic heterocycles. The van der Waals surface area contributed by atoms with Gasteiger partial charge in [-0.05, 0) is 18.1 Å². The molecule has 178 valence electrons. The van der Waals surface area contributed by atoms with Crippen LogP contribution in [0.5, 0.6) is 11.5 Å². The van der Waals surface area contributed by atoms with Crippen LogP contribution in [0.15, 0.2) is 53.2 Å². The summed E-state index contributed by atoms with van der Waals surface area (Å²) >= 11 is 0. The molecule has 12 heteroatoms. The molecule has 0 radical (unpaired) electrons. The lowest BCUT2D eigenvalue weighted by atomic mass is 10.2. The van der Waals surface area contributed by atoms with Gasteiger partial charge in [-0.3, -0.25) is 0 Å². The molecule has 0 N–H and O–H groups in total. The minimum absolute atomic E-state index is 0.355. The Bertz CT molecular complexity index is 1290. The molecule has 3 aromatic rings. The van der Waals surface area contributed by atoms with Gasteiger partial charge < -0.3 is 19.2 Å². The number of fused-ring (bicyclic) bond motifs is 1. The van der Waals surface area contributed by atoms with Crippen LogP contribution in [0.25, 0.3) is 10.9 Å². The summed E-state index contributed by atoms with van der Waals surface area (Å²) in [7, 11) is -1.27. The van der Waals surface area contributed by atoms with Gasteiger partial charge in [0.15, 0.2) is 11.5 Å². The standard InChI is InChI=1S/C22H23N5O6S/c1-31-19-12-17-18(13-20(19)32-14-16-6-3-2-4-7-16)23-15-24-21(17)26-8-5-9-27(11-10-26)33-22(28)25-34(29)30/h2-4,6-7,12-13,15H,5,8-11,14H2,1H3. The summed E-state index contributed by atoms with van der Waals surface area (Å²) in [6.45, 7) is 2.34. The second-order valence-corrected chi connectivity index (χ2v) is 8.04. The Labute approximate surface area is 197 Å². The number of rotatable bonds is 6. The van der Waals surface area contributed by atoms with Gasteiger partial charge in [-0.15, -0.1) is 5.06 Å². The monoisotopic (exact) mass is 485 g/mol. The molecule has 1 aliphatic rings. The van der Waals surface area contributed by atoms with Crippen molar-refractivity contribution in [2.24, 2.45) is 4.36 Å². The summed E-state index contributed by atoms with van der Waals surface area (Å²) in [4.78, 5) is 27.5. The van der Waals surface area contributed by atoms with Gasteiger partial charge in [-0.25, -0.2) is 14.8 Å². The van der Waals surface area contributed by atoms with Crippen LogP contribution in [0, 0.1) is 0 Å². The van der Waals surface area contributed by atoms with Crippen molar-refractivity contribution >= 4 is 33.3 Å². The van der Waals surface area contributed by atoms with E-state index in [1.165, 1.54) is 11.4 Å². The quantitative estimate of drug-likeness (QED) is 0.515. The Morgan fingerprint density at radius 3 is 2.65 bits per heavy atom. The van der Waals surface area contributed by atoms with Crippen molar-refractivity contribution in [3.8, 4) is 11.5 Å². The minimum atomic E-state index is -2.85. The number of methoxy groups -OCH3 is 1. The highest BCUT2D eigenvalue weighted by Crippen LogP contribution is 2.35. The molecule has 1 fully saturated rings. The van der Waals surface area contributed by atoms with Crippen LogP contribution in [0.3, 0.4) is 0 Å². The first-order chi connectivity index (χ1) is 16.5. The zero-order valence-electron chi connectivity index (χ0n) is 18.5. The number of nitrogens with zero attached hydrogens (tertiary/aromatic N) is 5. The lowest BCUT2D eigenvalue weighted by Crippen LogP contribution is -2.32. The van der Waals surface area contributed by atoms with Gasteiger partial charge in [-0.1, -0.05) is 34.7 Å². The molecule has 0 atom stereocenters. The second kappa shape index (κ2) is 10.9. The number of benzene rings is 2. The van der Waals surface area contributed by atoms with Crippen molar-refractivity contribution in [3.63, 3.8) is 0 Å². The lowest BCUT2D eigenvalue weighted by Gasteiger charge is -2.23. The number of hydrogen-bond acceptors (Lipinski definition) is 10. The highest BCUT2D eigenvalue weighted by Gasteiger charge is 2.21. The van der Waals surface area contributed by atoms with Crippen LogP contribution in [-0.2, 0) is 21.9 Å². The number of amides is 1. The van der Waals surface area contributed by atoms with Gasteiger partial charge in [0.2, 0.25) is 0 Å². The van der Waals surface area contributed by atoms with Gasteiger partial charge in [0.05, 0.1) is 19.2 Å². The SMILES string of the molecule is COc1cc2c(N3CCCN(OC(=O)N=S(=O)=O)CC3)ncnc2cc1OCc1ccccc1. The van der Waals surface area contributed by atoms with E-state index in [1.54, 1.807) is 7.11 Å². The van der Waals surface area contributed by atoms with Crippen LogP contribution in [0.4, 0.5) is 10.6 Å². The summed E-state index contributed by atoms with van der Waals surface area (Å²) in [5, 5.41) is 2.20. The maximum atomic E-state index is 11.5. The van der Waals surface area contributed by atoms with Crippen LogP contribution < -0.4 is 14.4 Å². The zero-order valence-corrected chi connectivity index (χ0v) is 19.3. The van der Waals surface area contributed by atoms with E-state index in [4.69, 9.17) is 14.3 Å². The normalized spacial score (nSPS) is 14.3. The van der Waals surface area contributed by atoms with E-state index in [0.717, 1.165) is 16.8 Å². The average molecular weight is 486 g/mol. The summed E-state index contributed by atoms with van der Waals surface area (Å²) in [6.07, 6.45) is 0.993. The molecule has 0 aliphatic carbocycles.